The van der Waals surface area contributed by atoms with E-state index in [4.69, 9.17) is 15.2 Å². The van der Waals surface area contributed by atoms with Gasteiger partial charge in [-0.15, -0.1) is 0 Å². The molecule has 19 heavy (non-hydrogen) atoms. The Labute approximate surface area is 116 Å². The molecule has 0 radical (unpaired) electrons. The number of ether oxygens (including phenoxy) is 2. The molecule has 0 saturated carbocycles. The summed E-state index contributed by atoms with van der Waals surface area (Å²) in [5.74, 6) is 0. The third kappa shape index (κ3) is 4.03. The number of rotatable bonds is 3. The third-order valence-corrected chi connectivity index (χ3v) is 3.61. The van der Waals surface area contributed by atoms with Crippen LogP contribution in [-0.4, -0.2) is 32.0 Å². The lowest BCUT2D eigenvalue weighted by Gasteiger charge is -2.28. The summed E-state index contributed by atoms with van der Waals surface area (Å²) in [6.45, 7) is 8.62. The van der Waals surface area contributed by atoms with Crippen molar-refractivity contribution < 1.29 is 9.47 Å². The molecule has 106 valence electrons. The topological polar surface area (TPSA) is 44.5 Å². The van der Waals surface area contributed by atoms with Gasteiger partial charge in [0.1, 0.15) is 0 Å². The molecule has 2 rings (SSSR count). The lowest BCUT2D eigenvalue weighted by Crippen LogP contribution is -2.44. The first-order valence-electron chi connectivity index (χ1n) is 7.01. The Morgan fingerprint density at radius 3 is 2.42 bits per heavy atom. The van der Waals surface area contributed by atoms with Crippen LogP contribution in [0.15, 0.2) is 24.3 Å². The van der Waals surface area contributed by atoms with Gasteiger partial charge in [-0.1, -0.05) is 45.0 Å². The van der Waals surface area contributed by atoms with Crippen LogP contribution in [0.2, 0.25) is 0 Å². The van der Waals surface area contributed by atoms with Crippen molar-refractivity contribution in [2.24, 2.45) is 5.73 Å². The summed E-state index contributed by atoms with van der Waals surface area (Å²) in [7, 11) is 0. The second-order valence-electron chi connectivity index (χ2n) is 6.30. The zero-order valence-electron chi connectivity index (χ0n) is 12.2. The van der Waals surface area contributed by atoms with Crippen molar-refractivity contribution >= 4 is 0 Å². The number of nitrogens with two attached hydrogens (primary N) is 1. The second kappa shape index (κ2) is 6.04. The van der Waals surface area contributed by atoms with Gasteiger partial charge in [0.2, 0.25) is 0 Å². The summed E-state index contributed by atoms with van der Waals surface area (Å²) in [6, 6.07) is 8.73. The first kappa shape index (κ1) is 14.5. The third-order valence-electron chi connectivity index (χ3n) is 3.61. The molecule has 0 amide bonds. The van der Waals surface area contributed by atoms with Gasteiger partial charge >= 0.3 is 0 Å². The molecule has 1 aliphatic rings. The minimum atomic E-state index is 0.000728. The van der Waals surface area contributed by atoms with Gasteiger partial charge in [-0.25, -0.2) is 0 Å². The monoisotopic (exact) mass is 263 g/mol. The van der Waals surface area contributed by atoms with Gasteiger partial charge in [-0.3, -0.25) is 0 Å². The minimum absolute atomic E-state index is 0.000728. The Morgan fingerprint density at radius 2 is 1.89 bits per heavy atom. The van der Waals surface area contributed by atoms with Crippen molar-refractivity contribution in [1.82, 2.24) is 0 Å². The highest BCUT2D eigenvalue weighted by Gasteiger charge is 2.22. The van der Waals surface area contributed by atoms with E-state index in [0.29, 0.717) is 19.8 Å². The van der Waals surface area contributed by atoms with E-state index in [1.165, 1.54) is 11.1 Å². The fourth-order valence-corrected chi connectivity index (χ4v) is 2.30. The highest BCUT2D eigenvalue weighted by Crippen LogP contribution is 2.22. The highest BCUT2D eigenvalue weighted by molar-refractivity contribution is 5.28. The molecule has 2 N–H and O–H groups in total. The summed E-state index contributed by atoms with van der Waals surface area (Å²) in [5.41, 5.74) is 9.00. The summed E-state index contributed by atoms with van der Waals surface area (Å²) >= 11 is 0. The van der Waals surface area contributed by atoms with Crippen molar-refractivity contribution in [3.8, 4) is 0 Å². The van der Waals surface area contributed by atoms with E-state index in [-0.39, 0.29) is 17.6 Å². The Bertz CT molecular complexity index is 388. The molecule has 0 bridgehead atoms. The van der Waals surface area contributed by atoms with Gasteiger partial charge in [-0.2, -0.15) is 0 Å². The van der Waals surface area contributed by atoms with Gasteiger partial charge in [-0.05, 0) is 23.0 Å². The summed E-state index contributed by atoms with van der Waals surface area (Å²) in [6.07, 6.45) is 0.856. The predicted octanol–water partition coefficient (Wildman–Crippen LogP) is 2.27. The molecule has 0 aromatic heterocycles. The minimum Gasteiger partial charge on any atom is -0.376 e. The van der Waals surface area contributed by atoms with Crippen molar-refractivity contribution in [1.29, 1.82) is 0 Å². The zero-order valence-corrected chi connectivity index (χ0v) is 12.2. The van der Waals surface area contributed by atoms with E-state index in [9.17, 15) is 0 Å². The molecule has 0 spiro atoms. The van der Waals surface area contributed by atoms with Crippen LogP contribution in [0, 0.1) is 0 Å². The van der Waals surface area contributed by atoms with Crippen LogP contribution in [0.3, 0.4) is 0 Å². The first-order chi connectivity index (χ1) is 8.97. The Morgan fingerprint density at radius 1 is 1.21 bits per heavy atom. The Kier molecular flexibility index (Phi) is 4.61. The van der Waals surface area contributed by atoms with Crippen LogP contribution in [0.1, 0.15) is 31.9 Å². The van der Waals surface area contributed by atoms with Crippen LogP contribution in [-0.2, 0) is 21.3 Å². The Hall–Kier alpha value is -0.900. The second-order valence-corrected chi connectivity index (χ2v) is 6.30. The van der Waals surface area contributed by atoms with Gasteiger partial charge in [0.15, 0.2) is 0 Å². The highest BCUT2D eigenvalue weighted by atomic mass is 16.6. The average molecular weight is 263 g/mol. The van der Waals surface area contributed by atoms with Crippen LogP contribution in [0.5, 0.6) is 0 Å². The van der Waals surface area contributed by atoms with E-state index in [0.717, 1.165) is 6.42 Å². The molecular weight excluding hydrogens is 238 g/mol. The van der Waals surface area contributed by atoms with E-state index in [1.807, 2.05) is 0 Å². The number of hydrogen-bond donors (Lipinski definition) is 1. The maximum Gasteiger partial charge on any atom is 0.0963 e. The van der Waals surface area contributed by atoms with Crippen molar-refractivity contribution in [2.75, 3.05) is 19.8 Å². The number of benzene rings is 1. The van der Waals surface area contributed by atoms with Crippen molar-refractivity contribution in [3.63, 3.8) is 0 Å². The van der Waals surface area contributed by atoms with Crippen LogP contribution in [0.4, 0.5) is 0 Å². The molecule has 2 atom stereocenters. The first-order valence-corrected chi connectivity index (χ1v) is 7.01. The molecular formula is C16H25NO2. The molecule has 1 fully saturated rings. The summed E-state index contributed by atoms with van der Waals surface area (Å²) in [5, 5.41) is 0. The zero-order chi connectivity index (χ0) is 13.9. The molecule has 1 heterocycles. The fraction of sp³-hybridized carbons (Fsp3) is 0.625. The predicted molar refractivity (Wildman–Crippen MR) is 77.4 cm³/mol. The molecule has 1 aliphatic heterocycles. The van der Waals surface area contributed by atoms with E-state index >= 15 is 0 Å². The quantitative estimate of drug-likeness (QED) is 0.910. The molecule has 1 aromatic rings. The van der Waals surface area contributed by atoms with Gasteiger partial charge in [0.25, 0.3) is 0 Å². The van der Waals surface area contributed by atoms with Crippen LogP contribution >= 0.6 is 0 Å². The SMILES string of the molecule is CC(C)(C)c1ccc(CC(N)C2COCCO2)cc1. The van der Waals surface area contributed by atoms with Gasteiger partial charge < -0.3 is 15.2 Å². The lowest BCUT2D eigenvalue weighted by atomic mass is 9.86. The molecule has 3 nitrogen and oxygen atoms in total. The van der Waals surface area contributed by atoms with Gasteiger partial charge in [0.05, 0.1) is 25.9 Å². The van der Waals surface area contributed by atoms with Crippen LogP contribution in [0.25, 0.3) is 0 Å². The maximum absolute atomic E-state index is 6.20. The van der Waals surface area contributed by atoms with Crippen molar-refractivity contribution in [3.05, 3.63) is 35.4 Å². The summed E-state index contributed by atoms with van der Waals surface area (Å²) < 4.78 is 11.0. The molecule has 0 aliphatic carbocycles. The lowest BCUT2D eigenvalue weighted by molar-refractivity contribution is -0.0967. The maximum atomic E-state index is 6.20. The largest absolute Gasteiger partial charge is 0.376 e. The summed E-state index contributed by atoms with van der Waals surface area (Å²) in [4.78, 5) is 0. The average Bonchev–Trinajstić information content (AvgIpc) is 2.39. The number of hydrogen-bond acceptors (Lipinski definition) is 3. The molecule has 2 unspecified atom stereocenters. The fourth-order valence-electron chi connectivity index (χ4n) is 2.30. The molecule has 1 aromatic carbocycles. The van der Waals surface area contributed by atoms with Crippen LogP contribution < -0.4 is 5.73 Å². The van der Waals surface area contributed by atoms with Gasteiger partial charge in [0, 0.05) is 6.04 Å². The van der Waals surface area contributed by atoms with E-state index in [2.05, 4.69) is 45.0 Å². The molecule has 1 saturated heterocycles. The smallest absolute Gasteiger partial charge is 0.0963 e. The Balaban J connectivity index is 1.95. The standard InChI is InChI=1S/C16H25NO2/c1-16(2,3)13-6-4-12(5-7-13)10-14(17)15-11-18-8-9-19-15/h4-7,14-15H,8-11,17H2,1-3H3. The van der Waals surface area contributed by atoms with Crippen molar-refractivity contribution in [2.45, 2.75) is 44.8 Å². The molecule has 3 heteroatoms. The van der Waals surface area contributed by atoms with E-state index < -0.39 is 0 Å². The normalized spacial score (nSPS) is 22.2. The van der Waals surface area contributed by atoms with E-state index in [1.54, 1.807) is 0 Å².